The van der Waals surface area contributed by atoms with E-state index >= 15 is 0 Å². The fourth-order valence-corrected chi connectivity index (χ4v) is 1.96. The Bertz CT molecular complexity index is 793. The Kier molecular flexibility index (Phi) is 2.90. The summed E-state index contributed by atoms with van der Waals surface area (Å²) in [6.45, 7) is 3.65. The van der Waals surface area contributed by atoms with Crippen LogP contribution in [0.3, 0.4) is 0 Å². The van der Waals surface area contributed by atoms with E-state index in [2.05, 4.69) is 25.5 Å². The lowest BCUT2D eigenvalue weighted by Crippen LogP contribution is -2.15. The third-order valence-corrected chi connectivity index (χ3v) is 3.16. The normalized spacial score (nSPS) is 10.7. The van der Waals surface area contributed by atoms with Gasteiger partial charge < -0.3 is 4.98 Å². The van der Waals surface area contributed by atoms with Gasteiger partial charge in [-0.25, -0.2) is 4.98 Å². The van der Waals surface area contributed by atoms with Crippen LogP contribution in [0, 0.1) is 13.8 Å². The molecule has 0 atom stereocenters. The molecule has 1 aromatic carbocycles. The monoisotopic (exact) mass is 267 g/mol. The number of hydrogen-bond acceptors (Lipinski definition) is 4. The van der Waals surface area contributed by atoms with Gasteiger partial charge in [0.25, 0.3) is 5.91 Å². The van der Waals surface area contributed by atoms with Crippen molar-refractivity contribution in [2.24, 2.45) is 0 Å². The molecule has 0 aliphatic carbocycles. The van der Waals surface area contributed by atoms with Crippen LogP contribution in [0.25, 0.3) is 10.9 Å². The highest BCUT2D eigenvalue weighted by molar-refractivity contribution is 6.11. The number of aromatic nitrogens is 4. The zero-order valence-corrected chi connectivity index (χ0v) is 11.1. The molecule has 6 nitrogen and oxygen atoms in total. The second-order valence-electron chi connectivity index (χ2n) is 4.50. The van der Waals surface area contributed by atoms with Crippen molar-refractivity contribution in [3.05, 3.63) is 47.4 Å². The number of rotatable bonds is 2. The molecule has 0 saturated carbocycles. The van der Waals surface area contributed by atoms with E-state index in [1.54, 1.807) is 12.3 Å². The maximum Gasteiger partial charge on any atom is 0.258 e. The molecule has 2 N–H and O–H groups in total. The Morgan fingerprint density at radius 2 is 2.00 bits per heavy atom. The zero-order valence-electron chi connectivity index (χ0n) is 11.1. The van der Waals surface area contributed by atoms with Crippen molar-refractivity contribution in [2.45, 2.75) is 13.8 Å². The van der Waals surface area contributed by atoms with Gasteiger partial charge >= 0.3 is 0 Å². The summed E-state index contributed by atoms with van der Waals surface area (Å²) < 4.78 is 0. The second-order valence-corrected chi connectivity index (χ2v) is 4.50. The predicted molar refractivity (Wildman–Crippen MR) is 75.6 cm³/mol. The molecular weight excluding hydrogens is 254 g/mol. The van der Waals surface area contributed by atoms with Crippen molar-refractivity contribution < 1.29 is 4.79 Å². The van der Waals surface area contributed by atoms with Crippen LogP contribution in [0.1, 0.15) is 21.7 Å². The molecule has 3 rings (SSSR count). The number of amides is 1. The number of H-pyrrole nitrogens is 1. The highest BCUT2D eigenvalue weighted by Gasteiger charge is 2.12. The second kappa shape index (κ2) is 4.73. The van der Waals surface area contributed by atoms with Gasteiger partial charge in [-0.15, -0.1) is 5.10 Å². The molecule has 0 unspecified atom stereocenters. The minimum absolute atomic E-state index is 0.214. The number of aryl methyl sites for hydroxylation is 2. The van der Waals surface area contributed by atoms with Crippen molar-refractivity contribution in [2.75, 3.05) is 5.32 Å². The number of benzene rings is 1. The summed E-state index contributed by atoms with van der Waals surface area (Å²) in [6, 6.07) is 7.37. The van der Waals surface area contributed by atoms with Gasteiger partial charge in [-0.1, -0.05) is 6.07 Å². The number of nitrogens with zero attached hydrogens (tertiary/aromatic N) is 3. The van der Waals surface area contributed by atoms with E-state index in [1.807, 2.05) is 32.0 Å². The average molecular weight is 267 g/mol. The summed E-state index contributed by atoms with van der Waals surface area (Å²) in [5.74, 6) is -0.0362. The van der Waals surface area contributed by atoms with Gasteiger partial charge in [0.1, 0.15) is 0 Å². The number of carbonyl (C=O) groups is 1. The molecule has 20 heavy (non-hydrogen) atoms. The first-order valence-corrected chi connectivity index (χ1v) is 6.20. The number of aromatic amines is 1. The van der Waals surface area contributed by atoms with E-state index in [-0.39, 0.29) is 11.9 Å². The zero-order chi connectivity index (χ0) is 14.1. The molecule has 100 valence electrons. The molecule has 0 saturated heterocycles. The highest BCUT2D eigenvalue weighted by Crippen LogP contribution is 2.18. The van der Waals surface area contributed by atoms with Crippen molar-refractivity contribution in [1.82, 2.24) is 20.2 Å². The topological polar surface area (TPSA) is 83.6 Å². The Hall–Kier alpha value is -2.76. The number of carbonyl (C=O) groups excluding carboxylic acids is 1. The molecule has 0 fully saturated rings. The highest BCUT2D eigenvalue weighted by atomic mass is 16.1. The van der Waals surface area contributed by atoms with Crippen molar-refractivity contribution >= 4 is 22.8 Å². The van der Waals surface area contributed by atoms with Gasteiger partial charge in [0.15, 0.2) is 0 Å². The van der Waals surface area contributed by atoms with Gasteiger partial charge in [-0.2, -0.15) is 5.10 Å². The standard InChI is InChI=1S/C14H13N5O/c1-8-9(2)18-19-14(16-8)17-13(20)11-4-3-5-12-10(11)6-7-15-12/h3-7,15H,1-2H3,(H,16,17,19,20). The Morgan fingerprint density at radius 3 is 2.80 bits per heavy atom. The summed E-state index contributed by atoms with van der Waals surface area (Å²) in [6.07, 6.45) is 1.80. The third-order valence-electron chi connectivity index (χ3n) is 3.16. The molecular formula is C14H13N5O. The van der Waals surface area contributed by atoms with Gasteiger partial charge in [0.2, 0.25) is 5.95 Å². The van der Waals surface area contributed by atoms with Crippen LogP contribution < -0.4 is 5.32 Å². The van der Waals surface area contributed by atoms with E-state index in [0.717, 1.165) is 22.3 Å². The summed E-state index contributed by atoms with van der Waals surface area (Å²) in [7, 11) is 0. The molecule has 2 aromatic heterocycles. The largest absolute Gasteiger partial charge is 0.361 e. The van der Waals surface area contributed by atoms with Crippen LogP contribution in [-0.4, -0.2) is 26.1 Å². The maximum absolute atomic E-state index is 12.3. The molecule has 0 bridgehead atoms. The Labute approximate surface area is 115 Å². The van der Waals surface area contributed by atoms with E-state index in [9.17, 15) is 4.79 Å². The molecule has 2 heterocycles. The van der Waals surface area contributed by atoms with Gasteiger partial charge in [-0.05, 0) is 32.0 Å². The minimum atomic E-state index is -0.250. The maximum atomic E-state index is 12.3. The lowest BCUT2D eigenvalue weighted by Gasteiger charge is -2.05. The van der Waals surface area contributed by atoms with Crippen LogP contribution in [0.4, 0.5) is 5.95 Å². The Morgan fingerprint density at radius 1 is 1.15 bits per heavy atom. The number of fused-ring (bicyclic) bond motifs is 1. The number of nitrogens with one attached hydrogen (secondary N) is 2. The van der Waals surface area contributed by atoms with E-state index in [0.29, 0.717) is 5.56 Å². The van der Waals surface area contributed by atoms with Crippen LogP contribution in [0.2, 0.25) is 0 Å². The van der Waals surface area contributed by atoms with Gasteiger partial charge in [-0.3, -0.25) is 10.1 Å². The van der Waals surface area contributed by atoms with Crippen molar-refractivity contribution in [1.29, 1.82) is 0 Å². The van der Waals surface area contributed by atoms with Crippen molar-refractivity contribution in [3.8, 4) is 0 Å². The fraction of sp³-hybridized carbons (Fsp3) is 0.143. The summed E-state index contributed by atoms with van der Waals surface area (Å²) >= 11 is 0. The molecule has 1 amide bonds. The summed E-state index contributed by atoms with van der Waals surface area (Å²) in [4.78, 5) is 19.6. The van der Waals surface area contributed by atoms with Crippen LogP contribution in [0.15, 0.2) is 30.5 Å². The first-order valence-electron chi connectivity index (χ1n) is 6.20. The molecule has 6 heteroatoms. The van der Waals surface area contributed by atoms with Crippen LogP contribution in [-0.2, 0) is 0 Å². The van der Waals surface area contributed by atoms with E-state index in [1.165, 1.54) is 0 Å². The number of anilines is 1. The first kappa shape index (κ1) is 12.3. The lowest BCUT2D eigenvalue weighted by molar-refractivity contribution is 0.102. The van der Waals surface area contributed by atoms with Gasteiger partial charge in [0.05, 0.1) is 11.4 Å². The quantitative estimate of drug-likeness (QED) is 0.745. The van der Waals surface area contributed by atoms with Crippen LogP contribution >= 0.6 is 0 Å². The predicted octanol–water partition coefficient (Wildman–Crippen LogP) is 2.22. The molecule has 0 radical (unpaired) electrons. The van der Waals surface area contributed by atoms with E-state index < -0.39 is 0 Å². The smallest absolute Gasteiger partial charge is 0.258 e. The van der Waals surface area contributed by atoms with Crippen LogP contribution in [0.5, 0.6) is 0 Å². The fourth-order valence-electron chi connectivity index (χ4n) is 1.96. The minimum Gasteiger partial charge on any atom is -0.361 e. The lowest BCUT2D eigenvalue weighted by atomic mass is 10.1. The first-order chi connectivity index (χ1) is 9.65. The SMILES string of the molecule is Cc1nnc(NC(=O)c2cccc3[nH]ccc23)nc1C. The molecule has 0 aliphatic rings. The van der Waals surface area contributed by atoms with E-state index in [4.69, 9.17) is 0 Å². The summed E-state index contributed by atoms with van der Waals surface area (Å²) in [5.41, 5.74) is 2.98. The molecule has 0 spiro atoms. The molecule has 0 aliphatic heterocycles. The average Bonchev–Trinajstić information content (AvgIpc) is 2.91. The summed E-state index contributed by atoms with van der Waals surface area (Å²) in [5, 5.41) is 11.3. The van der Waals surface area contributed by atoms with Crippen molar-refractivity contribution in [3.63, 3.8) is 0 Å². The third kappa shape index (κ3) is 2.11. The molecule has 3 aromatic rings. The number of hydrogen-bond donors (Lipinski definition) is 2. The Balaban J connectivity index is 1.93. The van der Waals surface area contributed by atoms with Gasteiger partial charge in [0, 0.05) is 22.7 Å².